The van der Waals surface area contributed by atoms with Crippen LogP contribution in [0.4, 0.5) is 18.6 Å². The topological polar surface area (TPSA) is 61.6 Å². The van der Waals surface area contributed by atoms with Gasteiger partial charge in [-0.3, -0.25) is 10.1 Å². The number of nitro benzene ring substituents is 1. The Balaban J connectivity index is 2.94. The molecule has 94 valence electrons. The molecule has 0 atom stereocenters. The van der Waals surface area contributed by atoms with Crippen LogP contribution in [-0.4, -0.2) is 25.5 Å². The van der Waals surface area contributed by atoms with Gasteiger partial charge in [0.2, 0.25) is 0 Å². The number of benzene rings is 1. The van der Waals surface area contributed by atoms with E-state index in [2.05, 4.69) is 4.74 Å². The van der Waals surface area contributed by atoms with E-state index in [-0.39, 0.29) is 17.2 Å². The second-order valence-electron chi connectivity index (χ2n) is 3.11. The lowest BCUT2D eigenvalue weighted by Gasteiger charge is -2.16. The van der Waals surface area contributed by atoms with Crippen molar-refractivity contribution in [2.45, 2.75) is 0 Å². The lowest BCUT2D eigenvalue weighted by Crippen LogP contribution is -2.26. The molecule has 0 amide bonds. The predicted molar refractivity (Wildman–Crippen MR) is 54.2 cm³/mol. The Morgan fingerprint density at radius 1 is 1.35 bits per heavy atom. The smallest absolute Gasteiger partial charge is 0.515 e. The lowest BCUT2D eigenvalue weighted by atomic mass is 9.95. The van der Waals surface area contributed by atoms with E-state index >= 15 is 0 Å². The van der Waals surface area contributed by atoms with Crippen molar-refractivity contribution in [1.29, 1.82) is 0 Å². The van der Waals surface area contributed by atoms with E-state index < -0.39 is 18.4 Å². The van der Waals surface area contributed by atoms with Crippen LogP contribution in [0.1, 0.15) is 0 Å². The SMILES string of the molecule is COc1ccc([N+](=O)[O-])cc1OC[B-](F)(F)F. The van der Waals surface area contributed by atoms with Crippen molar-refractivity contribution in [2.75, 3.05) is 13.6 Å². The van der Waals surface area contributed by atoms with E-state index in [4.69, 9.17) is 4.74 Å². The van der Waals surface area contributed by atoms with E-state index in [1.807, 2.05) is 0 Å². The quantitative estimate of drug-likeness (QED) is 0.457. The van der Waals surface area contributed by atoms with Gasteiger partial charge in [-0.05, 0) is 6.07 Å². The van der Waals surface area contributed by atoms with Gasteiger partial charge in [0, 0.05) is 6.07 Å². The molecule has 0 spiro atoms. The second-order valence-corrected chi connectivity index (χ2v) is 3.11. The van der Waals surface area contributed by atoms with E-state index in [1.165, 1.54) is 13.2 Å². The molecule has 1 aromatic rings. The van der Waals surface area contributed by atoms with Crippen molar-refractivity contribution >= 4 is 12.7 Å². The van der Waals surface area contributed by atoms with E-state index in [9.17, 15) is 23.1 Å². The molecular formula is C8H8BF3NO4-. The third-order valence-electron chi connectivity index (χ3n) is 1.79. The van der Waals surface area contributed by atoms with Crippen LogP contribution in [-0.2, 0) is 0 Å². The fourth-order valence-corrected chi connectivity index (χ4v) is 1.08. The summed E-state index contributed by atoms with van der Waals surface area (Å²) in [4.78, 5) is 9.71. The number of hydrogen-bond acceptors (Lipinski definition) is 4. The summed E-state index contributed by atoms with van der Waals surface area (Å²) in [7, 11) is 1.23. The molecule has 0 unspecified atom stereocenters. The van der Waals surface area contributed by atoms with Crippen molar-refractivity contribution in [3.63, 3.8) is 0 Å². The molecule has 0 radical (unpaired) electrons. The van der Waals surface area contributed by atoms with Gasteiger partial charge in [-0.1, -0.05) is 0 Å². The summed E-state index contributed by atoms with van der Waals surface area (Å²) in [5.41, 5.74) is -0.365. The summed E-state index contributed by atoms with van der Waals surface area (Å²) in [5.74, 6) is -0.295. The average molecular weight is 250 g/mol. The standard InChI is InChI=1S/C8H8BF3NO4/c1-16-7-3-2-6(13(14)15)4-8(7)17-5-9(10,11)12/h2-4H,5H2,1H3/q-1. The van der Waals surface area contributed by atoms with Crippen LogP contribution in [0.15, 0.2) is 18.2 Å². The molecule has 5 nitrogen and oxygen atoms in total. The van der Waals surface area contributed by atoms with Crippen LogP contribution in [0.5, 0.6) is 11.5 Å². The highest BCUT2D eigenvalue weighted by Crippen LogP contribution is 2.31. The highest BCUT2D eigenvalue weighted by Gasteiger charge is 2.25. The molecule has 0 heterocycles. The first-order valence-corrected chi connectivity index (χ1v) is 4.49. The lowest BCUT2D eigenvalue weighted by molar-refractivity contribution is -0.385. The minimum Gasteiger partial charge on any atom is -0.519 e. The molecule has 1 rings (SSSR count). The average Bonchev–Trinajstić information content (AvgIpc) is 2.24. The van der Waals surface area contributed by atoms with Gasteiger partial charge in [-0.2, -0.15) is 0 Å². The molecule has 0 aliphatic heterocycles. The molecule has 0 aromatic heterocycles. The zero-order valence-electron chi connectivity index (χ0n) is 8.73. The van der Waals surface area contributed by atoms with Gasteiger partial charge in [-0.15, -0.1) is 0 Å². The first kappa shape index (κ1) is 13.1. The fraction of sp³-hybridized carbons (Fsp3) is 0.250. The molecular weight excluding hydrogens is 242 g/mol. The monoisotopic (exact) mass is 250 g/mol. The van der Waals surface area contributed by atoms with Crippen molar-refractivity contribution in [3.05, 3.63) is 28.3 Å². The Bertz CT molecular complexity index is 424. The minimum atomic E-state index is -5.13. The number of halogens is 3. The van der Waals surface area contributed by atoms with Crippen molar-refractivity contribution in [1.82, 2.24) is 0 Å². The number of methoxy groups -OCH3 is 1. The van der Waals surface area contributed by atoms with Crippen LogP contribution < -0.4 is 9.47 Å². The maximum atomic E-state index is 12.0. The highest BCUT2D eigenvalue weighted by molar-refractivity contribution is 6.58. The molecule has 0 bridgehead atoms. The first-order chi connectivity index (χ1) is 7.83. The van der Waals surface area contributed by atoms with Gasteiger partial charge in [0.05, 0.1) is 24.6 Å². The van der Waals surface area contributed by atoms with Crippen molar-refractivity contribution in [3.8, 4) is 11.5 Å². The summed E-state index contributed by atoms with van der Waals surface area (Å²) in [5, 5.41) is 10.4. The van der Waals surface area contributed by atoms with Gasteiger partial charge in [0.25, 0.3) is 5.69 Å². The third kappa shape index (κ3) is 3.85. The molecule has 17 heavy (non-hydrogen) atoms. The van der Waals surface area contributed by atoms with Crippen LogP contribution in [0.3, 0.4) is 0 Å². The largest absolute Gasteiger partial charge is 0.519 e. The third-order valence-corrected chi connectivity index (χ3v) is 1.79. The number of non-ortho nitro benzene ring substituents is 1. The van der Waals surface area contributed by atoms with Crippen molar-refractivity contribution < 1.29 is 27.3 Å². The molecule has 0 aliphatic carbocycles. The number of ether oxygens (including phenoxy) is 2. The summed E-state index contributed by atoms with van der Waals surface area (Å²) in [6.45, 7) is -6.60. The van der Waals surface area contributed by atoms with Gasteiger partial charge in [-0.25, -0.2) is 0 Å². The Hall–Kier alpha value is -1.93. The van der Waals surface area contributed by atoms with E-state index in [0.717, 1.165) is 12.1 Å². The Kier molecular flexibility index (Phi) is 3.82. The number of nitro groups is 1. The zero-order chi connectivity index (χ0) is 13.1. The van der Waals surface area contributed by atoms with Crippen LogP contribution in [0.2, 0.25) is 0 Å². The summed E-state index contributed by atoms with van der Waals surface area (Å²) < 4.78 is 45.2. The first-order valence-electron chi connectivity index (χ1n) is 4.49. The molecule has 1 aromatic carbocycles. The van der Waals surface area contributed by atoms with Gasteiger partial charge in [0.15, 0.2) is 11.5 Å². The van der Waals surface area contributed by atoms with Crippen LogP contribution in [0, 0.1) is 10.1 Å². The van der Waals surface area contributed by atoms with Crippen molar-refractivity contribution in [2.24, 2.45) is 0 Å². The molecule has 0 saturated carbocycles. The van der Waals surface area contributed by atoms with Gasteiger partial charge in [0.1, 0.15) is 0 Å². The van der Waals surface area contributed by atoms with E-state index in [1.54, 1.807) is 0 Å². The maximum Gasteiger partial charge on any atom is 0.515 e. The molecule has 0 N–H and O–H groups in total. The number of hydrogen-bond donors (Lipinski definition) is 0. The van der Waals surface area contributed by atoms with Gasteiger partial charge < -0.3 is 22.4 Å². The second kappa shape index (κ2) is 4.94. The summed E-state index contributed by atoms with van der Waals surface area (Å²) in [6.07, 6.45) is 0. The normalized spacial score (nSPS) is 11.1. The van der Waals surface area contributed by atoms with Crippen LogP contribution in [0.25, 0.3) is 0 Å². The maximum absolute atomic E-state index is 12.0. The molecule has 9 heteroatoms. The molecule has 0 aliphatic rings. The zero-order valence-corrected chi connectivity index (χ0v) is 8.73. The summed E-state index contributed by atoms with van der Waals surface area (Å²) >= 11 is 0. The summed E-state index contributed by atoms with van der Waals surface area (Å²) in [6, 6.07) is 3.18. The molecule has 0 fully saturated rings. The minimum absolute atomic E-state index is 0.00986. The Morgan fingerprint density at radius 3 is 2.47 bits per heavy atom. The number of rotatable bonds is 5. The Labute approximate surface area is 94.3 Å². The Morgan fingerprint density at radius 2 is 2.00 bits per heavy atom. The van der Waals surface area contributed by atoms with E-state index in [0.29, 0.717) is 0 Å². The highest BCUT2D eigenvalue weighted by atomic mass is 19.4. The van der Waals surface area contributed by atoms with Gasteiger partial charge >= 0.3 is 6.98 Å². The molecule has 0 saturated heterocycles. The predicted octanol–water partition coefficient (Wildman–Crippen LogP) is 2.37. The fourth-order valence-electron chi connectivity index (χ4n) is 1.08. The number of nitrogens with zero attached hydrogens (tertiary/aromatic N) is 1. The van der Waals surface area contributed by atoms with Crippen LogP contribution >= 0.6 is 0 Å².